The number of H-pyrrole nitrogens is 1. The fourth-order valence-electron chi connectivity index (χ4n) is 1.93. The van der Waals surface area contributed by atoms with Gasteiger partial charge >= 0.3 is 0 Å². The molecule has 1 rings (SSSR count). The molecule has 0 radical (unpaired) electrons. The van der Waals surface area contributed by atoms with Gasteiger partial charge in [0.25, 0.3) is 5.56 Å². The summed E-state index contributed by atoms with van der Waals surface area (Å²) >= 11 is 0. The van der Waals surface area contributed by atoms with Crippen LogP contribution < -0.4 is 5.56 Å². The Hall–Kier alpha value is -1.36. The second-order valence-electron chi connectivity index (χ2n) is 4.34. The summed E-state index contributed by atoms with van der Waals surface area (Å²) in [4.78, 5) is 20.8. The lowest BCUT2D eigenvalue weighted by Gasteiger charge is -2.17. The lowest BCUT2D eigenvalue weighted by molar-refractivity contribution is 0.305. The van der Waals surface area contributed by atoms with E-state index in [-0.39, 0.29) is 11.4 Å². The summed E-state index contributed by atoms with van der Waals surface area (Å²) in [5, 5.41) is 9.74. The van der Waals surface area contributed by atoms with Gasteiger partial charge in [-0.15, -0.1) is 0 Å². The maximum absolute atomic E-state index is 11.8. The minimum absolute atomic E-state index is 0.116. The van der Waals surface area contributed by atoms with E-state index in [0.29, 0.717) is 24.2 Å². The number of rotatable bonds is 7. The molecule has 5 heteroatoms. The summed E-state index contributed by atoms with van der Waals surface area (Å²) in [7, 11) is 0. The van der Waals surface area contributed by atoms with Crippen LogP contribution in [0.1, 0.15) is 38.6 Å². The largest absolute Gasteiger partial charge is 0.493 e. The molecule has 102 valence electrons. The molecule has 1 aromatic heterocycles. The van der Waals surface area contributed by atoms with Crippen LogP contribution in [-0.4, -0.2) is 39.6 Å². The molecule has 0 saturated heterocycles. The molecular weight excluding hydrogens is 230 g/mol. The zero-order valence-corrected chi connectivity index (χ0v) is 11.5. The summed E-state index contributed by atoms with van der Waals surface area (Å²) < 4.78 is 0. The Morgan fingerprint density at radius 3 is 2.39 bits per heavy atom. The van der Waals surface area contributed by atoms with Crippen molar-refractivity contribution in [1.29, 1.82) is 0 Å². The number of nitrogens with one attached hydrogen (secondary N) is 1. The van der Waals surface area contributed by atoms with Crippen molar-refractivity contribution in [3.05, 3.63) is 21.7 Å². The van der Waals surface area contributed by atoms with Crippen molar-refractivity contribution in [3.8, 4) is 5.88 Å². The Labute approximate surface area is 108 Å². The van der Waals surface area contributed by atoms with Gasteiger partial charge in [-0.25, -0.2) is 4.98 Å². The number of aromatic hydroxyl groups is 1. The molecule has 0 amide bonds. The molecule has 0 aliphatic rings. The maximum atomic E-state index is 11.8. The van der Waals surface area contributed by atoms with Gasteiger partial charge in [-0.1, -0.05) is 27.2 Å². The van der Waals surface area contributed by atoms with Crippen molar-refractivity contribution in [2.75, 3.05) is 19.6 Å². The van der Waals surface area contributed by atoms with E-state index in [1.165, 1.54) is 0 Å². The molecule has 0 spiro atoms. The Balaban J connectivity index is 2.77. The van der Waals surface area contributed by atoms with E-state index in [1.54, 1.807) is 0 Å². The summed E-state index contributed by atoms with van der Waals surface area (Å²) in [5.74, 6) is 0.444. The zero-order chi connectivity index (χ0) is 13.5. The van der Waals surface area contributed by atoms with Gasteiger partial charge in [0.1, 0.15) is 5.82 Å². The van der Waals surface area contributed by atoms with Gasteiger partial charge in [-0.2, -0.15) is 0 Å². The topological polar surface area (TPSA) is 69.2 Å². The van der Waals surface area contributed by atoms with E-state index >= 15 is 0 Å². The van der Waals surface area contributed by atoms with Gasteiger partial charge in [0.05, 0.1) is 5.56 Å². The molecule has 1 heterocycles. The van der Waals surface area contributed by atoms with Crippen molar-refractivity contribution in [3.63, 3.8) is 0 Å². The number of aromatic amines is 1. The fourth-order valence-corrected chi connectivity index (χ4v) is 1.93. The van der Waals surface area contributed by atoms with Crippen LogP contribution >= 0.6 is 0 Å². The number of nitrogens with zero attached hydrogens (tertiary/aromatic N) is 2. The maximum Gasteiger partial charge on any atom is 0.257 e. The SMILES string of the molecule is CCCc1c(O)nc(CCN(CC)CC)[nH]c1=O. The highest BCUT2D eigenvalue weighted by molar-refractivity contribution is 5.22. The number of aromatic nitrogens is 2. The minimum atomic E-state index is -0.209. The van der Waals surface area contributed by atoms with Crippen LogP contribution in [0.15, 0.2) is 4.79 Å². The van der Waals surface area contributed by atoms with Crippen molar-refractivity contribution in [2.45, 2.75) is 40.0 Å². The quantitative estimate of drug-likeness (QED) is 0.769. The molecule has 5 nitrogen and oxygen atoms in total. The predicted molar refractivity (Wildman–Crippen MR) is 72.0 cm³/mol. The molecule has 0 saturated carbocycles. The molecule has 2 N–H and O–H groups in total. The Kier molecular flexibility index (Phi) is 5.85. The first-order chi connectivity index (χ1) is 8.62. The highest BCUT2D eigenvalue weighted by atomic mass is 16.3. The molecule has 1 aromatic rings. The first-order valence-corrected chi connectivity index (χ1v) is 6.65. The lowest BCUT2D eigenvalue weighted by Crippen LogP contribution is -2.27. The molecule has 0 fully saturated rings. The zero-order valence-electron chi connectivity index (χ0n) is 11.5. The van der Waals surface area contributed by atoms with Crippen LogP contribution in [0.2, 0.25) is 0 Å². The van der Waals surface area contributed by atoms with Crippen LogP contribution in [0.5, 0.6) is 5.88 Å². The molecule has 0 aliphatic heterocycles. The van der Waals surface area contributed by atoms with Crippen LogP contribution in [0.4, 0.5) is 0 Å². The Morgan fingerprint density at radius 1 is 1.22 bits per heavy atom. The molecule has 0 bridgehead atoms. The van der Waals surface area contributed by atoms with Gasteiger partial charge in [0.2, 0.25) is 5.88 Å². The van der Waals surface area contributed by atoms with E-state index in [0.717, 1.165) is 26.1 Å². The fraction of sp³-hybridized carbons (Fsp3) is 0.692. The smallest absolute Gasteiger partial charge is 0.257 e. The van der Waals surface area contributed by atoms with E-state index in [9.17, 15) is 9.90 Å². The summed E-state index contributed by atoms with van der Waals surface area (Å²) in [6.07, 6.45) is 2.03. The van der Waals surface area contributed by atoms with Gasteiger partial charge in [-0.3, -0.25) is 4.79 Å². The van der Waals surface area contributed by atoms with E-state index in [2.05, 4.69) is 28.7 Å². The second kappa shape index (κ2) is 7.16. The molecule has 0 atom stereocenters. The van der Waals surface area contributed by atoms with Crippen molar-refractivity contribution >= 4 is 0 Å². The van der Waals surface area contributed by atoms with Crippen molar-refractivity contribution in [1.82, 2.24) is 14.9 Å². The number of hydrogen-bond acceptors (Lipinski definition) is 4. The van der Waals surface area contributed by atoms with Crippen LogP contribution in [-0.2, 0) is 12.8 Å². The predicted octanol–water partition coefficient (Wildman–Crippen LogP) is 1.31. The minimum Gasteiger partial charge on any atom is -0.493 e. The van der Waals surface area contributed by atoms with Crippen molar-refractivity contribution in [2.24, 2.45) is 0 Å². The molecule has 18 heavy (non-hydrogen) atoms. The van der Waals surface area contributed by atoms with Gasteiger partial charge in [-0.05, 0) is 19.5 Å². The van der Waals surface area contributed by atoms with Gasteiger partial charge < -0.3 is 15.0 Å². The monoisotopic (exact) mass is 253 g/mol. The molecule has 0 aliphatic carbocycles. The molecule has 0 unspecified atom stereocenters. The third-order valence-corrected chi connectivity index (χ3v) is 3.10. The van der Waals surface area contributed by atoms with E-state index < -0.39 is 0 Å². The Morgan fingerprint density at radius 2 is 1.89 bits per heavy atom. The average Bonchev–Trinajstić information content (AvgIpc) is 2.35. The van der Waals surface area contributed by atoms with Crippen molar-refractivity contribution < 1.29 is 5.11 Å². The average molecular weight is 253 g/mol. The normalized spacial score (nSPS) is 11.1. The number of hydrogen-bond donors (Lipinski definition) is 2. The lowest BCUT2D eigenvalue weighted by atomic mass is 10.2. The third-order valence-electron chi connectivity index (χ3n) is 3.10. The van der Waals surface area contributed by atoms with Crippen LogP contribution in [0.25, 0.3) is 0 Å². The number of likely N-dealkylation sites (N-methyl/N-ethyl adjacent to an activating group) is 1. The van der Waals surface area contributed by atoms with Gasteiger partial charge in [0, 0.05) is 13.0 Å². The Bertz CT molecular complexity index is 425. The molecular formula is C13H23N3O2. The molecule has 0 aromatic carbocycles. The first-order valence-electron chi connectivity index (χ1n) is 6.65. The summed E-state index contributed by atoms with van der Waals surface area (Å²) in [6, 6.07) is 0. The third kappa shape index (κ3) is 3.84. The van der Waals surface area contributed by atoms with Crippen LogP contribution in [0, 0.1) is 0 Å². The van der Waals surface area contributed by atoms with E-state index in [4.69, 9.17) is 0 Å². The van der Waals surface area contributed by atoms with Crippen LogP contribution in [0.3, 0.4) is 0 Å². The van der Waals surface area contributed by atoms with E-state index in [1.807, 2.05) is 6.92 Å². The summed E-state index contributed by atoms with van der Waals surface area (Å²) in [6.45, 7) is 8.94. The first kappa shape index (κ1) is 14.7. The standard InChI is InChI=1S/C13H23N3O2/c1-4-7-10-12(17)14-11(15-13(10)18)8-9-16(5-2)6-3/h4-9H2,1-3H3,(H2,14,15,17,18). The highest BCUT2D eigenvalue weighted by Crippen LogP contribution is 2.10. The van der Waals surface area contributed by atoms with Gasteiger partial charge in [0.15, 0.2) is 0 Å². The highest BCUT2D eigenvalue weighted by Gasteiger charge is 2.10. The summed E-state index contributed by atoms with van der Waals surface area (Å²) in [5.41, 5.74) is 0.183. The second-order valence-corrected chi connectivity index (χ2v) is 4.34.